The van der Waals surface area contributed by atoms with Gasteiger partial charge in [0, 0.05) is 17.0 Å². The summed E-state index contributed by atoms with van der Waals surface area (Å²) in [5.74, 6) is 0. The minimum atomic E-state index is -0.0724. The second kappa shape index (κ2) is 4.85. The van der Waals surface area contributed by atoms with E-state index in [4.69, 9.17) is 0 Å². The van der Waals surface area contributed by atoms with Crippen molar-refractivity contribution in [1.29, 1.82) is 0 Å². The van der Waals surface area contributed by atoms with Gasteiger partial charge in [-0.15, -0.1) is 0 Å². The number of fused-ring (bicyclic) bond motifs is 3. The first-order chi connectivity index (χ1) is 9.94. The van der Waals surface area contributed by atoms with Crippen LogP contribution >= 0.6 is 0 Å². The molecule has 3 nitrogen and oxygen atoms in total. The number of aromatic amines is 1. The summed E-state index contributed by atoms with van der Waals surface area (Å²) in [5, 5.41) is 1.57. The summed E-state index contributed by atoms with van der Waals surface area (Å²) in [7, 11) is 0. The van der Waals surface area contributed by atoms with Crippen LogP contribution in [0.5, 0.6) is 0 Å². The molecule has 0 fully saturated rings. The first-order valence-corrected chi connectivity index (χ1v) is 7.04. The van der Waals surface area contributed by atoms with Gasteiger partial charge in [0.05, 0.1) is 11.0 Å². The molecular weight excluding hydrogens is 260 g/mol. The van der Waals surface area contributed by atoms with Gasteiger partial charge in [-0.05, 0) is 35.2 Å². The summed E-state index contributed by atoms with van der Waals surface area (Å²) in [6.07, 6.45) is 6.00. The lowest BCUT2D eigenvalue weighted by Crippen LogP contribution is -2.06. The summed E-state index contributed by atoms with van der Waals surface area (Å²) in [4.78, 5) is 19.4. The van der Waals surface area contributed by atoms with Crippen LogP contribution in [0.4, 0.5) is 0 Å². The van der Waals surface area contributed by atoms with Gasteiger partial charge in [0.1, 0.15) is 0 Å². The molecule has 0 radical (unpaired) electrons. The van der Waals surface area contributed by atoms with E-state index in [0.717, 1.165) is 22.0 Å². The quantitative estimate of drug-likeness (QED) is 0.680. The predicted octanol–water partition coefficient (Wildman–Crippen LogP) is 4.14. The number of H-pyrrole nitrogens is 1. The lowest BCUT2D eigenvalue weighted by Gasteiger charge is -2.11. The molecule has 3 aromatic rings. The van der Waals surface area contributed by atoms with Crippen LogP contribution in [0.3, 0.4) is 0 Å². The molecule has 2 aromatic heterocycles. The van der Waals surface area contributed by atoms with Crippen molar-refractivity contribution in [1.82, 2.24) is 9.97 Å². The highest BCUT2D eigenvalue weighted by Crippen LogP contribution is 2.22. The lowest BCUT2D eigenvalue weighted by molar-refractivity contribution is 0.547. The van der Waals surface area contributed by atoms with Crippen molar-refractivity contribution in [2.24, 2.45) is 5.41 Å². The lowest BCUT2D eigenvalue weighted by atomic mass is 9.95. The predicted molar refractivity (Wildman–Crippen MR) is 88.4 cm³/mol. The molecule has 3 rings (SSSR count). The van der Waals surface area contributed by atoms with E-state index in [1.807, 2.05) is 30.3 Å². The van der Waals surface area contributed by atoms with Crippen LogP contribution in [-0.4, -0.2) is 9.97 Å². The summed E-state index contributed by atoms with van der Waals surface area (Å²) in [5.41, 5.74) is 2.74. The highest BCUT2D eigenvalue weighted by Gasteiger charge is 2.07. The Hall–Kier alpha value is -2.42. The fourth-order valence-electron chi connectivity index (χ4n) is 2.32. The van der Waals surface area contributed by atoms with Crippen LogP contribution < -0.4 is 5.56 Å². The molecule has 1 N–H and O–H groups in total. The normalized spacial score (nSPS) is 12.5. The highest BCUT2D eigenvalue weighted by molar-refractivity contribution is 6.03. The fraction of sp³-hybridized carbons (Fsp3) is 0.222. The van der Waals surface area contributed by atoms with Crippen molar-refractivity contribution in [2.75, 3.05) is 0 Å². The Bertz CT molecular complexity index is 898. The maximum atomic E-state index is 12.1. The standard InChI is InChI=1S/C18H18N2O/c1-18(2,3)9-8-12-6-7-13-14(11-12)16-15(20-17(13)21)5-4-10-19-16/h4-11H,1-3H3,(H,20,21). The van der Waals surface area contributed by atoms with Crippen LogP contribution in [0.15, 0.2) is 47.4 Å². The van der Waals surface area contributed by atoms with E-state index in [2.05, 4.69) is 42.9 Å². The molecule has 0 spiro atoms. The van der Waals surface area contributed by atoms with E-state index < -0.39 is 0 Å². The van der Waals surface area contributed by atoms with Gasteiger partial charge in [0.2, 0.25) is 0 Å². The Kier molecular flexibility index (Phi) is 3.13. The van der Waals surface area contributed by atoms with Gasteiger partial charge in [0.15, 0.2) is 0 Å². The van der Waals surface area contributed by atoms with Crippen molar-refractivity contribution in [3.63, 3.8) is 0 Å². The van der Waals surface area contributed by atoms with E-state index in [9.17, 15) is 4.79 Å². The topological polar surface area (TPSA) is 45.8 Å². The molecule has 2 heterocycles. The molecule has 0 aliphatic carbocycles. The zero-order valence-electron chi connectivity index (χ0n) is 12.5. The number of allylic oxidation sites excluding steroid dienone is 1. The van der Waals surface area contributed by atoms with Gasteiger partial charge in [0.25, 0.3) is 5.56 Å². The third-order valence-corrected chi connectivity index (χ3v) is 3.38. The number of nitrogens with zero attached hydrogens (tertiary/aromatic N) is 1. The molecule has 106 valence electrons. The number of pyridine rings is 2. The highest BCUT2D eigenvalue weighted by atomic mass is 16.1. The molecule has 0 aliphatic heterocycles. The van der Waals surface area contributed by atoms with Crippen LogP contribution in [0.2, 0.25) is 0 Å². The largest absolute Gasteiger partial charge is 0.320 e. The Morgan fingerprint density at radius 1 is 1.14 bits per heavy atom. The number of nitrogens with one attached hydrogen (secondary N) is 1. The van der Waals surface area contributed by atoms with Gasteiger partial charge < -0.3 is 4.98 Å². The first kappa shape index (κ1) is 13.6. The van der Waals surface area contributed by atoms with Crippen LogP contribution in [-0.2, 0) is 0 Å². The molecule has 21 heavy (non-hydrogen) atoms. The van der Waals surface area contributed by atoms with E-state index in [1.165, 1.54) is 0 Å². The average Bonchev–Trinajstić information content (AvgIpc) is 2.44. The van der Waals surface area contributed by atoms with Gasteiger partial charge in [-0.25, -0.2) is 0 Å². The first-order valence-electron chi connectivity index (χ1n) is 7.04. The SMILES string of the molecule is CC(C)(C)C=Cc1ccc2c(=O)[nH]c3cccnc3c2c1. The maximum absolute atomic E-state index is 12.1. The molecule has 0 unspecified atom stereocenters. The third-order valence-electron chi connectivity index (χ3n) is 3.38. The monoisotopic (exact) mass is 278 g/mol. The molecule has 0 saturated carbocycles. The van der Waals surface area contributed by atoms with Crippen LogP contribution in [0, 0.1) is 5.41 Å². The molecule has 3 heteroatoms. The van der Waals surface area contributed by atoms with E-state index in [0.29, 0.717) is 5.39 Å². The van der Waals surface area contributed by atoms with E-state index in [1.54, 1.807) is 6.20 Å². The molecule has 0 atom stereocenters. The zero-order chi connectivity index (χ0) is 15.0. The Balaban J connectivity index is 2.27. The second-order valence-corrected chi connectivity index (χ2v) is 6.36. The Morgan fingerprint density at radius 2 is 1.95 bits per heavy atom. The molecule has 0 aliphatic rings. The Labute approximate surface area is 123 Å². The van der Waals surface area contributed by atoms with Gasteiger partial charge in [-0.1, -0.05) is 39.0 Å². The maximum Gasteiger partial charge on any atom is 0.256 e. The fourth-order valence-corrected chi connectivity index (χ4v) is 2.32. The van der Waals surface area contributed by atoms with E-state index >= 15 is 0 Å². The second-order valence-electron chi connectivity index (χ2n) is 6.36. The van der Waals surface area contributed by atoms with E-state index in [-0.39, 0.29) is 11.0 Å². The number of benzene rings is 1. The average molecular weight is 278 g/mol. The summed E-state index contributed by atoms with van der Waals surface area (Å²) >= 11 is 0. The molecule has 0 saturated heterocycles. The smallest absolute Gasteiger partial charge is 0.256 e. The van der Waals surface area contributed by atoms with Gasteiger partial charge in [-0.3, -0.25) is 9.78 Å². The number of rotatable bonds is 1. The van der Waals surface area contributed by atoms with Crippen molar-refractivity contribution >= 4 is 27.9 Å². The minimum absolute atomic E-state index is 0.0724. The zero-order valence-corrected chi connectivity index (χ0v) is 12.5. The van der Waals surface area contributed by atoms with Crippen LogP contribution in [0.25, 0.3) is 27.9 Å². The summed E-state index contributed by atoms with van der Waals surface area (Å²) in [6.45, 7) is 6.48. The van der Waals surface area contributed by atoms with Crippen molar-refractivity contribution in [3.8, 4) is 0 Å². The minimum Gasteiger partial charge on any atom is -0.320 e. The third kappa shape index (κ3) is 2.72. The number of aromatic nitrogens is 2. The number of hydrogen-bond acceptors (Lipinski definition) is 2. The van der Waals surface area contributed by atoms with Gasteiger partial charge >= 0.3 is 0 Å². The van der Waals surface area contributed by atoms with Crippen molar-refractivity contribution < 1.29 is 0 Å². The number of hydrogen-bond donors (Lipinski definition) is 1. The molecular formula is C18H18N2O. The summed E-state index contributed by atoms with van der Waals surface area (Å²) < 4.78 is 0. The van der Waals surface area contributed by atoms with Gasteiger partial charge in [-0.2, -0.15) is 0 Å². The van der Waals surface area contributed by atoms with Crippen molar-refractivity contribution in [3.05, 3.63) is 58.5 Å². The Morgan fingerprint density at radius 3 is 2.71 bits per heavy atom. The van der Waals surface area contributed by atoms with Crippen LogP contribution in [0.1, 0.15) is 26.3 Å². The molecule has 0 bridgehead atoms. The summed E-state index contributed by atoms with van der Waals surface area (Å²) in [6, 6.07) is 9.57. The molecule has 1 aromatic carbocycles. The van der Waals surface area contributed by atoms with Crippen molar-refractivity contribution in [2.45, 2.75) is 20.8 Å². The molecule has 0 amide bonds.